The van der Waals surface area contributed by atoms with Crippen LogP contribution in [0, 0.1) is 11.8 Å². The van der Waals surface area contributed by atoms with Crippen molar-refractivity contribution >= 4 is 46.5 Å². The molecule has 2 aromatic rings. The lowest BCUT2D eigenvalue weighted by atomic mass is 9.81. The summed E-state index contributed by atoms with van der Waals surface area (Å²) in [6, 6.07) is 2.91. The molecule has 47 heavy (non-hydrogen) atoms. The molecule has 4 amide bonds. The quantitative estimate of drug-likeness (QED) is 0.106. The van der Waals surface area contributed by atoms with E-state index in [9.17, 15) is 39.0 Å². The second kappa shape index (κ2) is 18.4. The van der Waals surface area contributed by atoms with Gasteiger partial charge in [0.05, 0.1) is 0 Å². The first-order valence-corrected chi connectivity index (χ1v) is 15.8. The maximum Gasteiger partial charge on any atom is 0.326 e. The summed E-state index contributed by atoms with van der Waals surface area (Å²) in [6.45, 7) is 0.774. The molecule has 0 spiro atoms. The smallest absolute Gasteiger partial charge is 0.326 e. The van der Waals surface area contributed by atoms with Gasteiger partial charge in [-0.25, -0.2) is 14.4 Å². The van der Waals surface area contributed by atoms with E-state index in [1.165, 1.54) is 0 Å². The number of rotatable bonds is 18. The molecule has 15 heteroatoms. The molecule has 15 nitrogen and oxygen atoms in total. The minimum atomic E-state index is -1.50. The monoisotopic (exact) mass is 656 g/mol. The first-order valence-electron chi connectivity index (χ1n) is 15.8. The lowest BCUT2D eigenvalue weighted by molar-refractivity contribution is -0.141. The Morgan fingerprint density at radius 1 is 0.830 bits per heavy atom. The summed E-state index contributed by atoms with van der Waals surface area (Å²) in [5, 5.41) is 39.5. The zero-order chi connectivity index (χ0) is 34.3. The number of benzene rings is 1. The van der Waals surface area contributed by atoms with Crippen LogP contribution in [-0.2, 0) is 30.4 Å². The summed E-state index contributed by atoms with van der Waals surface area (Å²) >= 11 is 0. The van der Waals surface area contributed by atoms with Crippen LogP contribution in [0.2, 0.25) is 0 Å². The number of hydrogen-bond donors (Lipinski definition) is 8. The molecule has 1 aliphatic carbocycles. The van der Waals surface area contributed by atoms with Crippen LogP contribution >= 0.6 is 0 Å². The van der Waals surface area contributed by atoms with Crippen LogP contribution in [0.25, 0.3) is 10.8 Å². The number of carboxylic acid groups (broad SMARTS) is 3. The maximum absolute atomic E-state index is 13.3. The Bertz CT molecular complexity index is 1410. The highest BCUT2D eigenvalue weighted by atomic mass is 16.4. The number of pyridine rings is 1. The van der Waals surface area contributed by atoms with Gasteiger partial charge in [-0.15, -0.1) is 0 Å². The Morgan fingerprint density at radius 2 is 1.51 bits per heavy atom. The van der Waals surface area contributed by atoms with Gasteiger partial charge in [-0.2, -0.15) is 0 Å². The number of fused-ring (bicyclic) bond motifs is 1. The number of amides is 4. The molecule has 0 saturated heterocycles. The Hall–Kier alpha value is -4.79. The topological polar surface area (TPSA) is 250 Å². The summed E-state index contributed by atoms with van der Waals surface area (Å²) < 4.78 is 0. The highest BCUT2D eigenvalue weighted by molar-refractivity contribution is 5.89. The van der Waals surface area contributed by atoms with Crippen molar-refractivity contribution in [1.82, 2.24) is 26.3 Å². The Balaban J connectivity index is 1.54. The lowest BCUT2D eigenvalue weighted by Crippen LogP contribution is -2.51. The van der Waals surface area contributed by atoms with Crippen molar-refractivity contribution in [3.05, 3.63) is 42.2 Å². The van der Waals surface area contributed by atoms with Gasteiger partial charge in [0.15, 0.2) is 0 Å². The number of nitrogens with two attached hydrogens (primary N) is 1. The molecule has 1 aromatic carbocycles. The number of urea groups is 1. The third kappa shape index (κ3) is 12.2. The van der Waals surface area contributed by atoms with Gasteiger partial charge < -0.3 is 42.3 Å². The average Bonchev–Trinajstić information content (AvgIpc) is 3.05. The van der Waals surface area contributed by atoms with Crippen molar-refractivity contribution < 1.29 is 44.1 Å². The van der Waals surface area contributed by atoms with Gasteiger partial charge in [0.2, 0.25) is 11.8 Å². The minimum absolute atomic E-state index is 0.0117. The van der Waals surface area contributed by atoms with E-state index in [0.717, 1.165) is 29.2 Å². The fourth-order valence-electron chi connectivity index (χ4n) is 5.61. The van der Waals surface area contributed by atoms with Crippen molar-refractivity contribution in [1.29, 1.82) is 0 Å². The number of carbonyl (C=O) groups excluding carboxylic acids is 3. The molecular formula is C32H44N6O9. The van der Waals surface area contributed by atoms with Crippen LogP contribution in [0.5, 0.6) is 0 Å². The van der Waals surface area contributed by atoms with Crippen molar-refractivity contribution in [2.75, 3.05) is 13.1 Å². The number of aromatic nitrogens is 1. The maximum atomic E-state index is 13.3. The average molecular weight is 657 g/mol. The van der Waals surface area contributed by atoms with Crippen LogP contribution in [-0.4, -0.2) is 87.3 Å². The molecule has 3 rings (SSSR count). The van der Waals surface area contributed by atoms with Crippen molar-refractivity contribution in [3.63, 3.8) is 0 Å². The van der Waals surface area contributed by atoms with Crippen LogP contribution in [0.15, 0.2) is 36.7 Å². The molecule has 0 radical (unpaired) electrons. The number of nitrogens with zero attached hydrogens (tertiary/aromatic N) is 1. The van der Waals surface area contributed by atoms with Crippen LogP contribution in [0.4, 0.5) is 4.79 Å². The highest BCUT2D eigenvalue weighted by Crippen LogP contribution is 2.28. The van der Waals surface area contributed by atoms with Gasteiger partial charge in [0.1, 0.15) is 18.1 Å². The Labute approximate surface area is 272 Å². The van der Waals surface area contributed by atoms with E-state index in [1.54, 1.807) is 12.4 Å². The van der Waals surface area contributed by atoms with Gasteiger partial charge in [-0.05, 0) is 86.9 Å². The molecule has 0 aliphatic heterocycles. The summed E-state index contributed by atoms with van der Waals surface area (Å²) in [5.41, 5.74) is 6.64. The summed E-state index contributed by atoms with van der Waals surface area (Å²) in [6.07, 6.45) is 6.60. The molecule has 1 fully saturated rings. The molecule has 3 unspecified atom stereocenters. The third-order valence-electron chi connectivity index (χ3n) is 8.40. The first kappa shape index (κ1) is 36.7. The fraction of sp³-hybridized carbons (Fsp3) is 0.531. The van der Waals surface area contributed by atoms with E-state index < -0.39 is 48.5 Å². The Morgan fingerprint density at radius 3 is 2.15 bits per heavy atom. The van der Waals surface area contributed by atoms with Gasteiger partial charge in [-0.3, -0.25) is 19.4 Å². The number of nitrogens with one attached hydrogen (secondary N) is 4. The molecule has 1 aliphatic rings. The molecule has 0 bridgehead atoms. The number of hydrogen-bond acceptors (Lipinski definition) is 8. The second-order valence-electron chi connectivity index (χ2n) is 11.9. The lowest BCUT2D eigenvalue weighted by Gasteiger charge is -2.28. The largest absolute Gasteiger partial charge is 0.481 e. The normalized spacial score (nSPS) is 17.9. The van der Waals surface area contributed by atoms with Crippen molar-refractivity contribution in [2.45, 2.75) is 82.3 Å². The zero-order valence-electron chi connectivity index (χ0n) is 26.2. The molecular weight excluding hydrogens is 612 g/mol. The summed E-state index contributed by atoms with van der Waals surface area (Å²) in [4.78, 5) is 76.7. The van der Waals surface area contributed by atoms with E-state index in [0.29, 0.717) is 31.7 Å². The molecule has 3 atom stereocenters. The number of carbonyl (C=O) groups is 6. The van der Waals surface area contributed by atoms with Gasteiger partial charge in [-0.1, -0.05) is 12.1 Å². The molecule has 9 N–H and O–H groups in total. The standard InChI is InChI=1S/C32H44N6O9/c33-17-19-4-8-22(9-5-19)28(41)36-26(16-20-6-7-21-12-14-34-18-23(21)15-20)29(42)35-13-2-1-3-24(30(43)44)37-32(47)38-25(31(45)46)10-11-27(39)40/h6-7,12,14-15,18-19,22,24-26H,1-5,8-11,13,16-17,33H2,(H,35,42)(H,36,41)(H,39,40)(H,43,44)(H,45,46)(H2,37,38,47). The minimum Gasteiger partial charge on any atom is -0.481 e. The van der Waals surface area contributed by atoms with Crippen molar-refractivity contribution in [2.24, 2.45) is 17.6 Å². The van der Waals surface area contributed by atoms with Gasteiger partial charge in [0, 0.05) is 43.1 Å². The van der Waals surface area contributed by atoms with Crippen LogP contribution in [0.1, 0.15) is 63.4 Å². The first-order chi connectivity index (χ1) is 22.5. The van der Waals surface area contributed by atoms with E-state index in [1.807, 2.05) is 24.3 Å². The third-order valence-corrected chi connectivity index (χ3v) is 8.40. The number of carboxylic acids is 3. The van der Waals surface area contributed by atoms with E-state index in [-0.39, 0.29) is 50.0 Å². The molecule has 1 aromatic heterocycles. The predicted octanol–water partition coefficient (Wildman–Crippen LogP) is 1.38. The molecule has 1 heterocycles. The SMILES string of the molecule is NCC1CCC(C(=O)NC(Cc2ccc3ccncc3c2)C(=O)NCCCCC(NC(=O)NC(CCC(=O)O)C(=O)O)C(=O)O)CC1. The van der Waals surface area contributed by atoms with Gasteiger partial charge >= 0.3 is 23.9 Å². The fourth-order valence-corrected chi connectivity index (χ4v) is 5.61. The van der Waals surface area contributed by atoms with Crippen molar-refractivity contribution in [3.8, 4) is 0 Å². The second-order valence-corrected chi connectivity index (χ2v) is 11.9. The van der Waals surface area contributed by atoms with E-state index >= 15 is 0 Å². The number of unbranched alkanes of at least 4 members (excludes halogenated alkanes) is 1. The summed E-state index contributed by atoms with van der Waals surface area (Å²) in [7, 11) is 0. The Kier molecular flexibility index (Phi) is 14.3. The van der Waals surface area contributed by atoms with Crippen LogP contribution < -0.4 is 27.0 Å². The molecule has 256 valence electrons. The number of aliphatic carboxylic acids is 3. The highest BCUT2D eigenvalue weighted by Gasteiger charge is 2.29. The van der Waals surface area contributed by atoms with E-state index in [2.05, 4.69) is 26.3 Å². The summed E-state index contributed by atoms with van der Waals surface area (Å²) in [5.74, 6) is -4.38. The zero-order valence-corrected chi connectivity index (χ0v) is 26.2. The predicted molar refractivity (Wildman–Crippen MR) is 170 cm³/mol. The molecule has 1 saturated carbocycles. The van der Waals surface area contributed by atoms with Gasteiger partial charge in [0.25, 0.3) is 0 Å². The van der Waals surface area contributed by atoms with E-state index in [4.69, 9.17) is 10.8 Å². The van der Waals surface area contributed by atoms with Crippen LogP contribution in [0.3, 0.4) is 0 Å².